The highest BCUT2D eigenvalue weighted by atomic mass is 32.1. The summed E-state index contributed by atoms with van der Waals surface area (Å²) in [7, 11) is 0. The molecule has 42 heavy (non-hydrogen) atoms. The Morgan fingerprint density at radius 1 is 0.429 bits per heavy atom. The van der Waals surface area contributed by atoms with Crippen LogP contribution in [0, 0.1) is 22.7 Å². The van der Waals surface area contributed by atoms with Crippen molar-refractivity contribution >= 4 is 63.0 Å². The van der Waals surface area contributed by atoms with Gasteiger partial charge in [0.25, 0.3) is 0 Å². The molecule has 2 aromatic heterocycles. The maximum Gasteiger partial charge on any atom is 0.0998 e. The smallest absolute Gasteiger partial charge is 0.0998 e. The van der Waals surface area contributed by atoms with Crippen LogP contribution < -0.4 is 0 Å². The van der Waals surface area contributed by atoms with E-state index in [1.54, 1.807) is 11.3 Å². The topological polar surface area (TPSA) is 47.6 Å². The van der Waals surface area contributed by atoms with Crippen molar-refractivity contribution in [1.29, 1.82) is 10.5 Å². The summed E-state index contributed by atoms with van der Waals surface area (Å²) in [5, 5.41) is 24.5. The van der Waals surface area contributed by atoms with Crippen LogP contribution in [0.4, 0.5) is 0 Å². The van der Waals surface area contributed by atoms with Gasteiger partial charge in [-0.05, 0) is 76.3 Å². The van der Waals surface area contributed by atoms with E-state index in [4.69, 9.17) is 0 Å². The maximum absolute atomic E-state index is 10.1. The molecule has 0 N–H and O–H groups in total. The molecular formula is C38H20N2S2. The van der Waals surface area contributed by atoms with E-state index in [-0.39, 0.29) is 0 Å². The lowest BCUT2D eigenvalue weighted by Crippen LogP contribution is -1.91. The van der Waals surface area contributed by atoms with Crippen LogP contribution in [0.3, 0.4) is 0 Å². The van der Waals surface area contributed by atoms with Crippen LogP contribution >= 0.6 is 22.7 Å². The van der Waals surface area contributed by atoms with E-state index in [0.717, 1.165) is 44.2 Å². The van der Waals surface area contributed by atoms with Gasteiger partial charge < -0.3 is 0 Å². The molecule has 0 saturated carbocycles. The molecule has 0 radical (unpaired) electrons. The van der Waals surface area contributed by atoms with Crippen molar-refractivity contribution in [2.24, 2.45) is 0 Å². The van der Waals surface area contributed by atoms with Crippen LogP contribution in [0.15, 0.2) is 121 Å². The molecule has 0 amide bonds. The second kappa shape index (κ2) is 9.68. The molecule has 0 aliphatic carbocycles. The number of rotatable bonds is 3. The quantitative estimate of drug-likeness (QED) is 0.213. The lowest BCUT2D eigenvalue weighted by molar-refractivity contribution is 1.48. The molecule has 0 spiro atoms. The van der Waals surface area contributed by atoms with E-state index in [0.29, 0.717) is 11.1 Å². The molecule has 2 heterocycles. The number of fused-ring (bicyclic) bond motifs is 6. The number of nitrogens with zero attached hydrogens (tertiary/aromatic N) is 2. The van der Waals surface area contributed by atoms with E-state index >= 15 is 0 Å². The summed E-state index contributed by atoms with van der Waals surface area (Å²) in [4.78, 5) is 0. The van der Waals surface area contributed by atoms with Crippen LogP contribution in [0.5, 0.6) is 0 Å². The SMILES string of the molecule is N#Cc1ccc2sc3cccc(-c4ccc(-c5cccc6sc7ccccc7c56)c(-c5ccccc5C#N)c4)c3c2c1. The Morgan fingerprint density at radius 2 is 1.10 bits per heavy atom. The number of hydrogen-bond donors (Lipinski definition) is 0. The second-order valence-corrected chi connectivity index (χ2v) is 12.5. The molecule has 0 saturated heterocycles. The zero-order valence-electron chi connectivity index (χ0n) is 22.3. The van der Waals surface area contributed by atoms with Crippen molar-refractivity contribution in [2.45, 2.75) is 0 Å². The molecule has 4 heteroatoms. The van der Waals surface area contributed by atoms with Crippen molar-refractivity contribution in [1.82, 2.24) is 0 Å². The molecular weight excluding hydrogens is 549 g/mol. The predicted molar refractivity (Wildman–Crippen MR) is 178 cm³/mol. The Labute approximate surface area is 250 Å². The largest absolute Gasteiger partial charge is 0.192 e. The van der Waals surface area contributed by atoms with Crippen molar-refractivity contribution in [2.75, 3.05) is 0 Å². The summed E-state index contributed by atoms with van der Waals surface area (Å²) in [6.45, 7) is 0. The van der Waals surface area contributed by atoms with Crippen LogP contribution in [-0.4, -0.2) is 0 Å². The molecule has 0 atom stereocenters. The molecule has 194 valence electrons. The van der Waals surface area contributed by atoms with Gasteiger partial charge >= 0.3 is 0 Å². The highest BCUT2D eigenvalue weighted by Gasteiger charge is 2.18. The normalized spacial score (nSPS) is 11.3. The monoisotopic (exact) mass is 568 g/mol. The van der Waals surface area contributed by atoms with Gasteiger partial charge in [0.15, 0.2) is 0 Å². The Morgan fingerprint density at radius 3 is 1.90 bits per heavy atom. The fourth-order valence-corrected chi connectivity index (χ4v) is 8.37. The van der Waals surface area contributed by atoms with Gasteiger partial charge in [-0.3, -0.25) is 0 Å². The molecule has 8 aromatic rings. The number of benzene rings is 6. The third-order valence-electron chi connectivity index (χ3n) is 7.99. The first-order valence-corrected chi connectivity index (χ1v) is 15.3. The van der Waals surface area contributed by atoms with Crippen LogP contribution in [-0.2, 0) is 0 Å². The first-order valence-electron chi connectivity index (χ1n) is 13.6. The van der Waals surface area contributed by atoms with Crippen LogP contribution in [0.2, 0.25) is 0 Å². The minimum Gasteiger partial charge on any atom is -0.192 e. The predicted octanol–water partition coefficient (Wildman–Crippen LogP) is 11.2. The summed E-state index contributed by atoms with van der Waals surface area (Å²) >= 11 is 3.56. The zero-order chi connectivity index (χ0) is 28.2. The third-order valence-corrected chi connectivity index (χ3v) is 10.3. The van der Waals surface area contributed by atoms with E-state index in [9.17, 15) is 10.5 Å². The van der Waals surface area contributed by atoms with Crippen LogP contribution in [0.25, 0.3) is 73.7 Å². The van der Waals surface area contributed by atoms with Gasteiger partial charge in [-0.15, -0.1) is 22.7 Å². The average molecular weight is 569 g/mol. The molecule has 8 rings (SSSR count). The second-order valence-electron chi connectivity index (χ2n) is 10.3. The van der Waals surface area contributed by atoms with Crippen molar-refractivity contribution in [3.8, 4) is 45.5 Å². The molecule has 0 bridgehead atoms. The molecule has 0 fully saturated rings. The average Bonchev–Trinajstić information content (AvgIpc) is 3.62. The summed E-state index contributed by atoms with van der Waals surface area (Å²) in [5.41, 5.74) is 7.72. The first-order chi connectivity index (χ1) is 20.7. The zero-order valence-corrected chi connectivity index (χ0v) is 23.9. The highest BCUT2D eigenvalue weighted by molar-refractivity contribution is 7.26. The molecule has 2 nitrogen and oxygen atoms in total. The van der Waals surface area contributed by atoms with Crippen molar-refractivity contribution in [3.63, 3.8) is 0 Å². The minimum absolute atomic E-state index is 0.649. The van der Waals surface area contributed by atoms with E-state index in [1.165, 1.54) is 29.6 Å². The molecule has 0 aliphatic heterocycles. The maximum atomic E-state index is 10.1. The van der Waals surface area contributed by atoms with Crippen LogP contribution in [0.1, 0.15) is 11.1 Å². The van der Waals surface area contributed by atoms with Gasteiger partial charge in [0.05, 0.1) is 23.3 Å². The van der Waals surface area contributed by atoms with Gasteiger partial charge in [0, 0.05) is 45.9 Å². The standard InChI is InChI=1S/C38H20N2S2/c39-21-23-15-18-34-32(19-23)37-27(10-5-13-35(37)42-34)24-16-17-28(31(20-24)26-8-2-1-7-25(26)22-40)29-11-6-14-36-38(29)30-9-3-4-12-33(30)41-36/h1-20H. The first kappa shape index (κ1) is 24.5. The molecule has 6 aromatic carbocycles. The lowest BCUT2D eigenvalue weighted by atomic mass is 9.87. The van der Waals surface area contributed by atoms with Crippen molar-refractivity contribution in [3.05, 3.63) is 132 Å². The fraction of sp³-hybridized carbons (Fsp3) is 0. The van der Waals surface area contributed by atoms with Gasteiger partial charge in [-0.2, -0.15) is 10.5 Å². The van der Waals surface area contributed by atoms with Gasteiger partial charge in [0.2, 0.25) is 0 Å². The van der Waals surface area contributed by atoms with E-state index in [2.05, 4.69) is 91.0 Å². The minimum atomic E-state index is 0.649. The van der Waals surface area contributed by atoms with E-state index < -0.39 is 0 Å². The summed E-state index contributed by atoms with van der Waals surface area (Å²) < 4.78 is 4.87. The van der Waals surface area contributed by atoms with E-state index in [1.807, 2.05) is 53.8 Å². The Kier molecular flexibility index (Phi) is 5.66. The Balaban J connectivity index is 1.45. The number of hydrogen-bond acceptors (Lipinski definition) is 4. The van der Waals surface area contributed by atoms with Gasteiger partial charge in [-0.25, -0.2) is 0 Å². The molecule has 0 aliphatic rings. The highest BCUT2D eigenvalue weighted by Crippen LogP contribution is 2.46. The number of thiophene rings is 2. The summed E-state index contributed by atoms with van der Waals surface area (Å²) in [6.07, 6.45) is 0. The molecule has 0 unspecified atom stereocenters. The lowest BCUT2D eigenvalue weighted by Gasteiger charge is -2.16. The summed E-state index contributed by atoms with van der Waals surface area (Å²) in [6, 6.07) is 46.7. The summed E-state index contributed by atoms with van der Waals surface area (Å²) in [5.74, 6) is 0. The third kappa shape index (κ3) is 3.75. The Hall–Kier alpha value is -5.26. The Bertz CT molecular complexity index is 2450. The number of nitriles is 2. The fourth-order valence-electron chi connectivity index (χ4n) is 6.12. The van der Waals surface area contributed by atoms with Gasteiger partial charge in [-0.1, -0.05) is 72.8 Å². The van der Waals surface area contributed by atoms with Gasteiger partial charge in [0.1, 0.15) is 0 Å². The van der Waals surface area contributed by atoms with Crippen molar-refractivity contribution < 1.29 is 0 Å².